The molecular formula is C17H22N3O+. The Morgan fingerprint density at radius 1 is 1.29 bits per heavy atom. The molecule has 21 heavy (non-hydrogen) atoms. The summed E-state index contributed by atoms with van der Waals surface area (Å²) in [6.45, 7) is 2.37. The summed E-state index contributed by atoms with van der Waals surface area (Å²) >= 11 is 0. The fraction of sp³-hybridized carbons (Fsp3) is 0.529. The van der Waals surface area contributed by atoms with E-state index >= 15 is 0 Å². The summed E-state index contributed by atoms with van der Waals surface area (Å²) in [6.07, 6.45) is 4.71. The monoisotopic (exact) mass is 284 g/mol. The Bertz CT molecular complexity index is 570. The molecule has 3 rings (SSSR count). The maximum atomic E-state index is 12.3. The second kappa shape index (κ2) is 5.87. The van der Waals surface area contributed by atoms with Gasteiger partial charge in [-0.3, -0.25) is 4.79 Å². The van der Waals surface area contributed by atoms with E-state index in [4.69, 9.17) is 0 Å². The Morgan fingerprint density at radius 3 is 2.71 bits per heavy atom. The van der Waals surface area contributed by atoms with E-state index in [1.165, 1.54) is 16.0 Å². The smallest absolute Gasteiger partial charge is 0.276 e. The molecule has 4 nitrogen and oxygen atoms in total. The van der Waals surface area contributed by atoms with Gasteiger partial charge in [0.05, 0.1) is 12.6 Å². The van der Waals surface area contributed by atoms with Crippen LogP contribution in [0.4, 0.5) is 0 Å². The molecule has 1 unspecified atom stereocenters. The Kier molecular flexibility index (Phi) is 3.94. The van der Waals surface area contributed by atoms with Crippen molar-refractivity contribution in [3.05, 3.63) is 35.4 Å². The molecule has 1 heterocycles. The van der Waals surface area contributed by atoms with Gasteiger partial charge < -0.3 is 10.2 Å². The van der Waals surface area contributed by atoms with Crippen molar-refractivity contribution in [1.29, 1.82) is 5.26 Å². The molecule has 0 spiro atoms. The zero-order chi connectivity index (χ0) is 14.7. The van der Waals surface area contributed by atoms with Crippen molar-refractivity contribution in [3.63, 3.8) is 0 Å². The molecule has 1 aliphatic carbocycles. The van der Waals surface area contributed by atoms with Crippen molar-refractivity contribution in [3.8, 4) is 6.07 Å². The van der Waals surface area contributed by atoms with Crippen LogP contribution >= 0.6 is 0 Å². The Hall–Kier alpha value is -1.86. The van der Waals surface area contributed by atoms with Gasteiger partial charge in [0.25, 0.3) is 5.91 Å². The number of hydrogen-bond donors (Lipinski definition) is 2. The van der Waals surface area contributed by atoms with Crippen LogP contribution in [-0.4, -0.2) is 24.5 Å². The van der Waals surface area contributed by atoms with Crippen LogP contribution in [0, 0.1) is 11.3 Å². The molecule has 1 aromatic carbocycles. The Balaban J connectivity index is 1.58. The molecule has 1 saturated carbocycles. The molecule has 0 radical (unpaired) electrons. The summed E-state index contributed by atoms with van der Waals surface area (Å²) in [4.78, 5) is 13.5. The first-order valence-electron chi connectivity index (χ1n) is 7.83. The Labute approximate surface area is 125 Å². The number of carbonyl (C=O) groups excluding carboxylic acids is 1. The third-order valence-electron chi connectivity index (χ3n) is 4.77. The molecule has 4 heteroatoms. The van der Waals surface area contributed by atoms with Crippen LogP contribution in [0.2, 0.25) is 0 Å². The van der Waals surface area contributed by atoms with Crippen molar-refractivity contribution in [1.82, 2.24) is 5.32 Å². The largest absolute Gasteiger partial charge is 0.333 e. The van der Waals surface area contributed by atoms with E-state index in [1.807, 2.05) is 0 Å². The van der Waals surface area contributed by atoms with Crippen LogP contribution < -0.4 is 10.2 Å². The summed E-state index contributed by atoms with van der Waals surface area (Å²) in [7, 11) is 0. The van der Waals surface area contributed by atoms with E-state index in [0.717, 1.165) is 45.2 Å². The SMILES string of the molecule is N#CC1(NC(=O)C[NH+]2CCc3ccccc3C2)CCCC1. The van der Waals surface area contributed by atoms with Gasteiger partial charge in [0, 0.05) is 12.0 Å². The minimum Gasteiger partial charge on any atom is -0.333 e. The van der Waals surface area contributed by atoms with Gasteiger partial charge in [-0.15, -0.1) is 0 Å². The molecular weight excluding hydrogens is 262 g/mol. The van der Waals surface area contributed by atoms with Crippen molar-refractivity contribution in [2.75, 3.05) is 13.1 Å². The minimum atomic E-state index is -0.593. The first-order valence-corrected chi connectivity index (χ1v) is 7.83. The third kappa shape index (κ3) is 3.08. The highest BCUT2D eigenvalue weighted by atomic mass is 16.2. The number of fused-ring (bicyclic) bond motifs is 1. The van der Waals surface area contributed by atoms with Crippen molar-refractivity contribution in [2.45, 2.75) is 44.2 Å². The van der Waals surface area contributed by atoms with Crippen molar-refractivity contribution in [2.24, 2.45) is 0 Å². The molecule has 1 aromatic rings. The van der Waals surface area contributed by atoms with Crippen LogP contribution in [0.3, 0.4) is 0 Å². The maximum Gasteiger partial charge on any atom is 0.276 e. The lowest BCUT2D eigenvalue weighted by Crippen LogP contribution is -3.13. The summed E-state index contributed by atoms with van der Waals surface area (Å²) in [5.41, 5.74) is 2.16. The topological polar surface area (TPSA) is 57.3 Å². The first kappa shape index (κ1) is 14.1. The van der Waals surface area contributed by atoms with Crippen LogP contribution in [0.15, 0.2) is 24.3 Å². The molecule has 110 valence electrons. The van der Waals surface area contributed by atoms with E-state index < -0.39 is 5.54 Å². The van der Waals surface area contributed by atoms with Gasteiger partial charge >= 0.3 is 0 Å². The molecule has 2 aliphatic rings. The molecule has 2 N–H and O–H groups in total. The van der Waals surface area contributed by atoms with E-state index in [1.54, 1.807) is 0 Å². The van der Waals surface area contributed by atoms with Crippen LogP contribution in [0.5, 0.6) is 0 Å². The van der Waals surface area contributed by atoms with Crippen LogP contribution in [0.1, 0.15) is 36.8 Å². The van der Waals surface area contributed by atoms with Gasteiger partial charge in [0.1, 0.15) is 12.1 Å². The second-order valence-electron chi connectivity index (χ2n) is 6.32. The molecule has 0 aromatic heterocycles. The summed E-state index contributed by atoms with van der Waals surface area (Å²) in [6, 6.07) is 10.8. The minimum absolute atomic E-state index is 0.0211. The van der Waals surface area contributed by atoms with E-state index in [9.17, 15) is 10.1 Å². The normalized spacial score (nSPS) is 23.1. The molecule has 1 fully saturated rings. The molecule has 1 aliphatic heterocycles. The number of carbonyl (C=O) groups is 1. The lowest BCUT2D eigenvalue weighted by molar-refractivity contribution is -0.908. The zero-order valence-electron chi connectivity index (χ0n) is 12.3. The van der Waals surface area contributed by atoms with Crippen molar-refractivity contribution < 1.29 is 9.69 Å². The van der Waals surface area contributed by atoms with Gasteiger partial charge in [-0.05, 0) is 31.2 Å². The molecule has 1 amide bonds. The van der Waals surface area contributed by atoms with Gasteiger partial charge in [-0.2, -0.15) is 5.26 Å². The quantitative estimate of drug-likeness (QED) is 0.853. The van der Waals surface area contributed by atoms with Crippen molar-refractivity contribution >= 4 is 5.91 Å². The lowest BCUT2D eigenvalue weighted by Gasteiger charge is -2.27. The van der Waals surface area contributed by atoms with E-state index in [0.29, 0.717) is 6.54 Å². The highest BCUT2D eigenvalue weighted by Crippen LogP contribution is 2.28. The zero-order valence-corrected chi connectivity index (χ0v) is 12.3. The van der Waals surface area contributed by atoms with Crippen LogP contribution in [-0.2, 0) is 17.8 Å². The highest BCUT2D eigenvalue weighted by molar-refractivity contribution is 5.78. The summed E-state index contributed by atoms with van der Waals surface area (Å²) in [5.74, 6) is 0.0211. The number of benzene rings is 1. The van der Waals surface area contributed by atoms with E-state index in [2.05, 4.69) is 35.7 Å². The van der Waals surface area contributed by atoms with Crippen LogP contribution in [0.25, 0.3) is 0 Å². The number of quaternary nitrogens is 1. The number of nitrogens with zero attached hydrogens (tertiary/aromatic N) is 1. The fourth-order valence-electron chi connectivity index (χ4n) is 3.58. The number of hydrogen-bond acceptors (Lipinski definition) is 2. The maximum absolute atomic E-state index is 12.3. The number of nitrogens with one attached hydrogen (secondary N) is 2. The second-order valence-corrected chi connectivity index (χ2v) is 6.32. The number of nitriles is 1. The lowest BCUT2D eigenvalue weighted by atomic mass is 9.99. The summed E-state index contributed by atoms with van der Waals surface area (Å²) < 4.78 is 0. The fourth-order valence-corrected chi connectivity index (χ4v) is 3.58. The average Bonchev–Trinajstić information content (AvgIpc) is 2.96. The van der Waals surface area contributed by atoms with Gasteiger partial charge in [0.15, 0.2) is 6.54 Å². The van der Waals surface area contributed by atoms with Gasteiger partial charge in [0.2, 0.25) is 0 Å². The highest BCUT2D eigenvalue weighted by Gasteiger charge is 2.36. The standard InChI is InChI=1S/C17H21N3O/c18-13-17(8-3-4-9-17)19-16(21)12-20-10-7-14-5-1-2-6-15(14)11-20/h1-2,5-6H,3-4,7-12H2,(H,19,21)/p+1. The third-order valence-corrected chi connectivity index (χ3v) is 4.77. The number of amides is 1. The van der Waals surface area contributed by atoms with Gasteiger partial charge in [-0.1, -0.05) is 24.3 Å². The molecule has 0 saturated heterocycles. The number of rotatable bonds is 3. The predicted molar refractivity (Wildman–Crippen MR) is 79.5 cm³/mol. The Morgan fingerprint density at radius 2 is 2.00 bits per heavy atom. The first-order chi connectivity index (χ1) is 10.2. The average molecular weight is 284 g/mol. The molecule has 0 bridgehead atoms. The van der Waals surface area contributed by atoms with Gasteiger partial charge in [-0.25, -0.2) is 0 Å². The predicted octanol–water partition coefficient (Wildman–Crippen LogP) is 0.580. The summed E-state index contributed by atoms with van der Waals surface area (Å²) in [5, 5.41) is 12.3. The molecule has 1 atom stereocenters. The van der Waals surface area contributed by atoms with E-state index in [-0.39, 0.29) is 5.91 Å².